The van der Waals surface area contributed by atoms with Crippen LogP contribution in [0.1, 0.15) is 22.6 Å². The van der Waals surface area contributed by atoms with E-state index in [1.54, 1.807) is 11.3 Å². The number of halogens is 1. The van der Waals surface area contributed by atoms with Crippen molar-refractivity contribution in [3.05, 3.63) is 21.9 Å². The van der Waals surface area contributed by atoms with E-state index < -0.39 is 0 Å². The van der Waals surface area contributed by atoms with Crippen LogP contribution in [0.2, 0.25) is 0 Å². The molecule has 2 rings (SSSR count). The number of aryl methyl sites for hydroxylation is 2. The van der Waals surface area contributed by atoms with Crippen molar-refractivity contribution in [1.29, 1.82) is 0 Å². The Labute approximate surface area is 132 Å². The molecule has 20 heavy (non-hydrogen) atoms. The first-order valence-electron chi connectivity index (χ1n) is 6.14. The fourth-order valence-electron chi connectivity index (χ4n) is 1.68. The monoisotopic (exact) mass is 331 g/mol. The largest absolute Gasteiger partial charge is 0.330 e. The van der Waals surface area contributed by atoms with Gasteiger partial charge >= 0.3 is 0 Å². The predicted octanol–water partition coefficient (Wildman–Crippen LogP) is 3.59. The molecule has 0 saturated heterocycles. The molecule has 4 nitrogen and oxygen atoms in total. The number of rotatable bonds is 5. The van der Waals surface area contributed by atoms with Gasteiger partial charge in [0.05, 0.1) is 10.6 Å². The van der Waals surface area contributed by atoms with Crippen molar-refractivity contribution in [1.82, 2.24) is 4.98 Å². The lowest BCUT2D eigenvalue weighted by Crippen LogP contribution is -2.13. The van der Waals surface area contributed by atoms with Gasteiger partial charge in [-0.2, -0.15) is 0 Å². The molecule has 0 fully saturated rings. The Balaban J connectivity index is 0.00000200. The van der Waals surface area contributed by atoms with E-state index in [-0.39, 0.29) is 18.3 Å². The van der Waals surface area contributed by atoms with E-state index in [2.05, 4.69) is 29.4 Å². The van der Waals surface area contributed by atoms with Crippen LogP contribution in [-0.4, -0.2) is 17.4 Å². The van der Waals surface area contributed by atoms with Crippen molar-refractivity contribution < 1.29 is 4.79 Å². The number of thiazole rings is 1. The van der Waals surface area contributed by atoms with E-state index in [4.69, 9.17) is 5.73 Å². The summed E-state index contributed by atoms with van der Waals surface area (Å²) in [6, 6.07) is 4.15. The van der Waals surface area contributed by atoms with Gasteiger partial charge in [0.15, 0.2) is 5.13 Å². The van der Waals surface area contributed by atoms with E-state index in [0.717, 1.165) is 15.4 Å². The molecule has 2 aromatic heterocycles. The molecular formula is C13H18ClN3OS2. The van der Waals surface area contributed by atoms with E-state index in [0.29, 0.717) is 24.5 Å². The maximum absolute atomic E-state index is 11.6. The van der Waals surface area contributed by atoms with Gasteiger partial charge < -0.3 is 11.1 Å². The summed E-state index contributed by atoms with van der Waals surface area (Å²) in [5, 5.41) is 3.50. The van der Waals surface area contributed by atoms with Gasteiger partial charge in [-0.25, -0.2) is 4.98 Å². The Morgan fingerprint density at radius 3 is 2.70 bits per heavy atom. The van der Waals surface area contributed by atoms with Crippen LogP contribution in [0.15, 0.2) is 12.1 Å². The van der Waals surface area contributed by atoms with Crippen molar-refractivity contribution >= 4 is 46.1 Å². The van der Waals surface area contributed by atoms with Crippen LogP contribution in [0.3, 0.4) is 0 Å². The van der Waals surface area contributed by atoms with Crippen LogP contribution >= 0.6 is 35.1 Å². The van der Waals surface area contributed by atoms with Gasteiger partial charge in [-0.05, 0) is 38.9 Å². The van der Waals surface area contributed by atoms with E-state index in [1.807, 2.05) is 6.92 Å². The topological polar surface area (TPSA) is 68.0 Å². The first kappa shape index (κ1) is 17.1. The van der Waals surface area contributed by atoms with Gasteiger partial charge in [0, 0.05) is 16.2 Å². The predicted molar refractivity (Wildman–Crippen MR) is 89.1 cm³/mol. The second kappa shape index (κ2) is 7.73. The van der Waals surface area contributed by atoms with Crippen molar-refractivity contribution in [2.24, 2.45) is 5.73 Å². The lowest BCUT2D eigenvalue weighted by molar-refractivity contribution is -0.116. The molecule has 2 aromatic rings. The molecular weight excluding hydrogens is 314 g/mol. The zero-order valence-electron chi connectivity index (χ0n) is 11.4. The maximum atomic E-state index is 11.6. The SMILES string of the molecule is Cc1ccc(-c2nc(NC(=O)CCCN)sc2C)s1.Cl. The highest BCUT2D eigenvalue weighted by atomic mass is 35.5. The highest BCUT2D eigenvalue weighted by molar-refractivity contribution is 7.18. The number of carbonyl (C=O) groups is 1. The molecule has 0 radical (unpaired) electrons. The number of nitrogens with one attached hydrogen (secondary N) is 1. The Hall–Kier alpha value is -0.950. The van der Waals surface area contributed by atoms with Gasteiger partial charge in [-0.1, -0.05) is 0 Å². The summed E-state index contributed by atoms with van der Waals surface area (Å²) in [6.07, 6.45) is 1.15. The van der Waals surface area contributed by atoms with E-state index in [1.165, 1.54) is 16.2 Å². The molecule has 110 valence electrons. The number of thiophene rings is 1. The van der Waals surface area contributed by atoms with Crippen LogP contribution < -0.4 is 11.1 Å². The summed E-state index contributed by atoms with van der Waals surface area (Å²) < 4.78 is 0. The highest BCUT2D eigenvalue weighted by Gasteiger charge is 2.13. The highest BCUT2D eigenvalue weighted by Crippen LogP contribution is 2.34. The third-order valence-electron chi connectivity index (χ3n) is 2.62. The summed E-state index contributed by atoms with van der Waals surface area (Å²) in [6.45, 7) is 4.63. The number of carbonyl (C=O) groups excluding carboxylic acids is 1. The molecule has 0 aliphatic rings. The third kappa shape index (κ3) is 4.28. The molecule has 0 unspecified atom stereocenters. The standard InChI is InChI=1S/C13H17N3OS2.ClH/c1-8-5-6-10(18-8)12-9(2)19-13(16-12)15-11(17)4-3-7-14;/h5-6H,3-4,7,14H2,1-2H3,(H,15,16,17);1H. The summed E-state index contributed by atoms with van der Waals surface area (Å²) in [4.78, 5) is 19.7. The molecule has 2 heterocycles. The second-order valence-electron chi connectivity index (χ2n) is 4.27. The second-order valence-corrected chi connectivity index (χ2v) is 6.77. The molecule has 7 heteroatoms. The molecule has 0 bridgehead atoms. The van der Waals surface area contributed by atoms with Crippen LogP contribution in [-0.2, 0) is 4.79 Å². The third-order valence-corrected chi connectivity index (χ3v) is 4.52. The molecule has 0 aromatic carbocycles. The van der Waals surface area contributed by atoms with Gasteiger partial charge in [0.25, 0.3) is 0 Å². The molecule has 0 spiro atoms. The molecule has 0 aliphatic carbocycles. The normalized spacial score (nSPS) is 10.2. The lowest BCUT2D eigenvalue weighted by atomic mass is 10.3. The number of hydrogen-bond acceptors (Lipinski definition) is 5. The van der Waals surface area contributed by atoms with Crippen LogP contribution in [0, 0.1) is 13.8 Å². The minimum absolute atomic E-state index is 0. The van der Waals surface area contributed by atoms with Gasteiger partial charge in [-0.15, -0.1) is 35.1 Å². The molecule has 0 aliphatic heterocycles. The Kier molecular flexibility index (Phi) is 6.61. The Morgan fingerprint density at radius 2 is 2.10 bits per heavy atom. The number of nitrogens with two attached hydrogens (primary N) is 1. The maximum Gasteiger partial charge on any atom is 0.226 e. The molecule has 0 atom stereocenters. The number of anilines is 1. The minimum Gasteiger partial charge on any atom is -0.330 e. The molecule has 0 saturated carbocycles. The van der Waals surface area contributed by atoms with Crippen molar-refractivity contribution in [2.75, 3.05) is 11.9 Å². The number of hydrogen-bond donors (Lipinski definition) is 2. The van der Waals surface area contributed by atoms with Crippen LogP contribution in [0.5, 0.6) is 0 Å². The summed E-state index contributed by atoms with van der Waals surface area (Å²) in [7, 11) is 0. The van der Waals surface area contributed by atoms with Gasteiger partial charge in [0.2, 0.25) is 5.91 Å². The Morgan fingerprint density at radius 1 is 1.35 bits per heavy atom. The number of amides is 1. The first-order valence-corrected chi connectivity index (χ1v) is 7.77. The quantitative estimate of drug-likeness (QED) is 0.879. The van der Waals surface area contributed by atoms with Gasteiger partial charge in [-0.3, -0.25) is 4.79 Å². The van der Waals surface area contributed by atoms with Crippen LogP contribution in [0.25, 0.3) is 10.6 Å². The smallest absolute Gasteiger partial charge is 0.226 e. The average molecular weight is 332 g/mol. The number of aromatic nitrogens is 1. The van der Waals surface area contributed by atoms with Crippen molar-refractivity contribution in [2.45, 2.75) is 26.7 Å². The van der Waals surface area contributed by atoms with Gasteiger partial charge in [0.1, 0.15) is 0 Å². The van der Waals surface area contributed by atoms with Crippen molar-refractivity contribution in [3.63, 3.8) is 0 Å². The Bertz CT molecular complexity index is 580. The summed E-state index contributed by atoms with van der Waals surface area (Å²) in [5.41, 5.74) is 6.35. The van der Waals surface area contributed by atoms with Crippen molar-refractivity contribution in [3.8, 4) is 10.6 Å². The fourth-order valence-corrected chi connectivity index (χ4v) is 3.51. The zero-order valence-corrected chi connectivity index (χ0v) is 13.9. The fraction of sp³-hybridized carbons (Fsp3) is 0.385. The molecule has 1 amide bonds. The van der Waals surface area contributed by atoms with Crippen LogP contribution in [0.4, 0.5) is 5.13 Å². The summed E-state index contributed by atoms with van der Waals surface area (Å²) >= 11 is 3.23. The lowest BCUT2D eigenvalue weighted by Gasteiger charge is -1.99. The first-order chi connectivity index (χ1) is 9.10. The van der Waals surface area contributed by atoms with E-state index in [9.17, 15) is 4.79 Å². The number of nitrogens with zero attached hydrogens (tertiary/aromatic N) is 1. The van der Waals surface area contributed by atoms with E-state index >= 15 is 0 Å². The zero-order chi connectivity index (χ0) is 13.8. The molecule has 3 N–H and O–H groups in total. The summed E-state index contributed by atoms with van der Waals surface area (Å²) in [5.74, 6) is -0.0203. The average Bonchev–Trinajstić information content (AvgIpc) is 2.93. The minimum atomic E-state index is -0.0203.